The molecule has 0 saturated carbocycles. The molecule has 1 atom stereocenters. The summed E-state index contributed by atoms with van der Waals surface area (Å²) < 4.78 is 5.40. The Morgan fingerprint density at radius 2 is 2.25 bits per heavy atom. The van der Waals surface area contributed by atoms with Gasteiger partial charge in [0.15, 0.2) is 0 Å². The SMILES string of the molecule is Nc1cc(Cl)ccc1C(O)C1=CCCCO1. The van der Waals surface area contributed by atoms with Gasteiger partial charge in [0.2, 0.25) is 0 Å². The van der Waals surface area contributed by atoms with Crippen molar-refractivity contribution < 1.29 is 9.84 Å². The zero-order valence-electron chi connectivity index (χ0n) is 8.82. The fourth-order valence-electron chi connectivity index (χ4n) is 1.72. The standard InChI is InChI=1S/C12H14ClNO2/c13-8-4-5-9(10(14)7-8)12(15)11-3-1-2-6-16-11/h3-5,7,12,15H,1-2,6,14H2. The minimum Gasteiger partial charge on any atom is -0.495 e. The average Bonchev–Trinajstić information content (AvgIpc) is 2.29. The Hall–Kier alpha value is -1.19. The Bertz CT molecular complexity index is 417. The molecule has 0 saturated heterocycles. The third kappa shape index (κ3) is 2.31. The summed E-state index contributed by atoms with van der Waals surface area (Å²) in [6.45, 7) is 0.649. The van der Waals surface area contributed by atoms with Gasteiger partial charge in [0.05, 0.1) is 6.61 Å². The number of benzene rings is 1. The highest BCUT2D eigenvalue weighted by atomic mass is 35.5. The summed E-state index contributed by atoms with van der Waals surface area (Å²) in [6.07, 6.45) is 3.03. The van der Waals surface area contributed by atoms with Crippen LogP contribution in [0, 0.1) is 0 Å². The van der Waals surface area contributed by atoms with Crippen LogP contribution in [0.4, 0.5) is 5.69 Å². The first kappa shape index (κ1) is 11.3. The van der Waals surface area contributed by atoms with Crippen molar-refractivity contribution in [1.29, 1.82) is 0 Å². The van der Waals surface area contributed by atoms with Crippen LogP contribution in [0.25, 0.3) is 0 Å². The van der Waals surface area contributed by atoms with Crippen molar-refractivity contribution in [2.24, 2.45) is 0 Å². The highest BCUT2D eigenvalue weighted by molar-refractivity contribution is 6.30. The second-order valence-electron chi connectivity index (χ2n) is 3.77. The Kier molecular flexibility index (Phi) is 3.36. The molecule has 1 unspecified atom stereocenters. The molecule has 3 nitrogen and oxygen atoms in total. The fourth-order valence-corrected chi connectivity index (χ4v) is 1.90. The van der Waals surface area contributed by atoms with E-state index >= 15 is 0 Å². The van der Waals surface area contributed by atoms with Gasteiger partial charge in [0.1, 0.15) is 11.9 Å². The Morgan fingerprint density at radius 1 is 1.44 bits per heavy atom. The van der Waals surface area contributed by atoms with Crippen molar-refractivity contribution in [1.82, 2.24) is 0 Å². The molecule has 1 aliphatic heterocycles. The monoisotopic (exact) mass is 239 g/mol. The van der Waals surface area contributed by atoms with Crippen LogP contribution >= 0.6 is 11.6 Å². The van der Waals surface area contributed by atoms with Crippen molar-refractivity contribution in [3.8, 4) is 0 Å². The van der Waals surface area contributed by atoms with Crippen LogP contribution in [-0.2, 0) is 4.74 Å². The number of nitrogen functional groups attached to an aromatic ring is 1. The van der Waals surface area contributed by atoms with E-state index in [1.54, 1.807) is 18.2 Å². The summed E-state index contributed by atoms with van der Waals surface area (Å²) in [5.74, 6) is 0.584. The predicted molar refractivity (Wildman–Crippen MR) is 64.1 cm³/mol. The van der Waals surface area contributed by atoms with Crippen molar-refractivity contribution in [3.63, 3.8) is 0 Å². The van der Waals surface area contributed by atoms with Gasteiger partial charge < -0.3 is 15.6 Å². The lowest BCUT2D eigenvalue weighted by Gasteiger charge is -2.21. The lowest BCUT2D eigenvalue weighted by molar-refractivity contribution is 0.0922. The molecule has 1 aromatic rings. The molecule has 0 radical (unpaired) electrons. The molecule has 16 heavy (non-hydrogen) atoms. The van der Waals surface area contributed by atoms with Gasteiger partial charge in [-0.3, -0.25) is 0 Å². The molecular formula is C12H14ClNO2. The zero-order valence-corrected chi connectivity index (χ0v) is 9.57. The number of aliphatic hydroxyl groups excluding tert-OH is 1. The molecule has 4 heteroatoms. The maximum Gasteiger partial charge on any atom is 0.138 e. The van der Waals surface area contributed by atoms with Gasteiger partial charge in [-0.05, 0) is 31.1 Å². The van der Waals surface area contributed by atoms with Crippen LogP contribution < -0.4 is 5.73 Å². The number of ether oxygens (including phenoxy) is 1. The first-order valence-corrected chi connectivity index (χ1v) is 5.62. The molecule has 0 bridgehead atoms. The highest BCUT2D eigenvalue weighted by Gasteiger charge is 2.19. The molecule has 1 aliphatic rings. The van der Waals surface area contributed by atoms with Crippen LogP contribution in [0.5, 0.6) is 0 Å². The third-order valence-corrected chi connectivity index (χ3v) is 2.81. The van der Waals surface area contributed by atoms with Gasteiger partial charge in [-0.25, -0.2) is 0 Å². The summed E-state index contributed by atoms with van der Waals surface area (Å²) in [7, 11) is 0. The molecule has 0 aliphatic carbocycles. The first-order valence-electron chi connectivity index (χ1n) is 5.24. The molecule has 1 heterocycles. The topological polar surface area (TPSA) is 55.5 Å². The Balaban J connectivity index is 2.26. The molecular weight excluding hydrogens is 226 g/mol. The van der Waals surface area contributed by atoms with E-state index in [4.69, 9.17) is 22.1 Å². The Morgan fingerprint density at radius 3 is 2.88 bits per heavy atom. The minimum atomic E-state index is -0.794. The number of halogens is 1. The van der Waals surface area contributed by atoms with Crippen LogP contribution in [0.2, 0.25) is 5.02 Å². The normalized spacial score (nSPS) is 17.5. The molecule has 86 valence electrons. The van der Waals surface area contributed by atoms with Crippen molar-refractivity contribution in [2.75, 3.05) is 12.3 Å². The highest BCUT2D eigenvalue weighted by Crippen LogP contribution is 2.30. The van der Waals surface area contributed by atoms with Crippen LogP contribution in [0.15, 0.2) is 30.0 Å². The van der Waals surface area contributed by atoms with Gasteiger partial charge in [-0.1, -0.05) is 17.7 Å². The Labute approximate surface area is 99.5 Å². The van der Waals surface area contributed by atoms with E-state index in [2.05, 4.69) is 0 Å². The van der Waals surface area contributed by atoms with Crippen LogP contribution in [0.3, 0.4) is 0 Å². The first-order chi connectivity index (χ1) is 7.68. The van der Waals surface area contributed by atoms with Gasteiger partial charge >= 0.3 is 0 Å². The average molecular weight is 240 g/mol. The smallest absolute Gasteiger partial charge is 0.138 e. The number of anilines is 1. The van der Waals surface area contributed by atoms with Gasteiger partial charge in [0, 0.05) is 16.3 Å². The second kappa shape index (κ2) is 4.76. The molecule has 0 spiro atoms. The fraction of sp³-hybridized carbons (Fsp3) is 0.333. The predicted octanol–water partition coefficient (Wildman–Crippen LogP) is 2.65. The number of hydrogen-bond acceptors (Lipinski definition) is 3. The summed E-state index contributed by atoms with van der Waals surface area (Å²) >= 11 is 5.80. The minimum absolute atomic E-state index is 0.482. The van der Waals surface area contributed by atoms with E-state index in [9.17, 15) is 5.11 Å². The van der Waals surface area contributed by atoms with E-state index in [1.165, 1.54) is 0 Å². The van der Waals surface area contributed by atoms with Crippen LogP contribution in [0.1, 0.15) is 24.5 Å². The zero-order chi connectivity index (χ0) is 11.5. The summed E-state index contributed by atoms with van der Waals surface area (Å²) in [4.78, 5) is 0. The molecule has 0 amide bonds. The molecule has 0 aromatic heterocycles. The van der Waals surface area contributed by atoms with Crippen molar-refractivity contribution >= 4 is 17.3 Å². The number of allylic oxidation sites excluding steroid dienone is 1. The third-order valence-electron chi connectivity index (χ3n) is 2.58. The van der Waals surface area contributed by atoms with E-state index in [0.717, 1.165) is 12.8 Å². The lowest BCUT2D eigenvalue weighted by atomic mass is 10.0. The maximum absolute atomic E-state index is 10.1. The van der Waals surface area contributed by atoms with E-state index in [1.807, 2.05) is 6.08 Å². The molecule has 3 N–H and O–H groups in total. The maximum atomic E-state index is 10.1. The summed E-state index contributed by atoms with van der Waals surface area (Å²) in [5, 5.41) is 10.7. The largest absolute Gasteiger partial charge is 0.495 e. The van der Waals surface area contributed by atoms with Crippen molar-refractivity contribution in [3.05, 3.63) is 40.6 Å². The molecule has 2 rings (SSSR count). The number of rotatable bonds is 2. The van der Waals surface area contributed by atoms with E-state index in [-0.39, 0.29) is 0 Å². The number of aliphatic hydroxyl groups is 1. The number of nitrogens with two attached hydrogens (primary N) is 1. The van der Waals surface area contributed by atoms with E-state index < -0.39 is 6.10 Å². The van der Waals surface area contributed by atoms with Gasteiger partial charge in [-0.2, -0.15) is 0 Å². The van der Waals surface area contributed by atoms with Crippen molar-refractivity contribution in [2.45, 2.75) is 18.9 Å². The molecule has 1 aromatic carbocycles. The lowest BCUT2D eigenvalue weighted by Crippen LogP contribution is -2.11. The quantitative estimate of drug-likeness (QED) is 0.781. The summed E-state index contributed by atoms with van der Waals surface area (Å²) in [6, 6.07) is 5.06. The van der Waals surface area contributed by atoms with Gasteiger partial charge in [-0.15, -0.1) is 0 Å². The second-order valence-corrected chi connectivity index (χ2v) is 4.21. The number of hydrogen-bond donors (Lipinski definition) is 2. The van der Waals surface area contributed by atoms with E-state index in [0.29, 0.717) is 28.6 Å². The van der Waals surface area contributed by atoms with Gasteiger partial charge in [0.25, 0.3) is 0 Å². The molecule has 0 fully saturated rings. The summed E-state index contributed by atoms with van der Waals surface area (Å²) in [5.41, 5.74) is 6.92. The van der Waals surface area contributed by atoms with Crippen LogP contribution in [-0.4, -0.2) is 11.7 Å².